The zero-order valence-corrected chi connectivity index (χ0v) is 14.7. The summed E-state index contributed by atoms with van der Waals surface area (Å²) in [7, 11) is 0. The molecule has 0 aromatic heterocycles. The second-order valence-electron chi connectivity index (χ2n) is 5.64. The Morgan fingerprint density at radius 3 is 2.87 bits per heavy atom. The second-order valence-corrected chi connectivity index (χ2v) is 6.89. The van der Waals surface area contributed by atoms with Crippen LogP contribution in [0.3, 0.4) is 0 Å². The molecule has 2 amide bonds. The minimum Gasteiger partial charge on any atom is -0.326 e. The van der Waals surface area contributed by atoms with Crippen molar-refractivity contribution in [2.45, 2.75) is 19.3 Å². The van der Waals surface area contributed by atoms with Crippen molar-refractivity contribution in [1.29, 1.82) is 0 Å². The van der Waals surface area contributed by atoms with E-state index < -0.39 is 0 Å². The molecule has 5 heteroatoms. The number of carbonyl (C=O) groups is 2. The van der Waals surface area contributed by atoms with E-state index in [1.54, 1.807) is 0 Å². The molecule has 118 valence electrons. The lowest BCUT2D eigenvalue weighted by Crippen LogP contribution is -2.30. The summed E-state index contributed by atoms with van der Waals surface area (Å²) in [6.45, 7) is 0. The SMILES string of the molecule is O=C(CCC1Cc2ccccc2NC1=O)Nc1cccc(I)c1. The Kier molecular flexibility index (Phi) is 4.95. The summed E-state index contributed by atoms with van der Waals surface area (Å²) < 4.78 is 1.07. The first-order chi connectivity index (χ1) is 11.1. The Labute approximate surface area is 148 Å². The fourth-order valence-electron chi connectivity index (χ4n) is 2.74. The highest BCUT2D eigenvalue weighted by atomic mass is 127. The maximum absolute atomic E-state index is 12.1. The molecule has 0 fully saturated rings. The molecule has 4 nitrogen and oxygen atoms in total. The van der Waals surface area contributed by atoms with Crippen molar-refractivity contribution in [3.8, 4) is 0 Å². The van der Waals surface area contributed by atoms with Crippen molar-refractivity contribution in [2.75, 3.05) is 10.6 Å². The number of amides is 2. The first kappa shape index (κ1) is 16.0. The fraction of sp³-hybridized carbons (Fsp3) is 0.222. The number of para-hydroxylation sites is 1. The summed E-state index contributed by atoms with van der Waals surface area (Å²) in [5.74, 6) is -0.198. The van der Waals surface area contributed by atoms with Gasteiger partial charge in [0.05, 0.1) is 0 Å². The van der Waals surface area contributed by atoms with E-state index in [0.29, 0.717) is 19.3 Å². The first-order valence-electron chi connectivity index (χ1n) is 7.56. The summed E-state index contributed by atoms with van der Waals surface area (Å²) in [5, 5.41) is 5.80. The summed E-state index contributed by atoms with van der Waals surface area (Å²) in [5.41, 5.74) is 2.81. The Bertz CT molecular complexity index is 745. The van der Waals surface area contributed by atoms with Gasteiger partial charge in [-0.2, -0.15) is 0 Å². The van der Waals surface area contributed by atoms with Gasteiger partial charge in [-0.25, -0.2) is 0 Å². The molecule has 0 saturated heterocycles. The topological polar surface area (TPSA) is 58.2 Å². The van der Waals surface area contributed by atoms with Crippen LogP contribution in [0.25, 0.3) is 0 Å². The van der Waals surface area contributed by atoms with E-state index in [0.717, 1.165) is 20.5 Å². The van der Waals surface area contributed by atoms with Crippen LogP contribution in [0.2, 0.25) is 0 Å². The fourth-order valence-corrected chi connectivity index (χ4v) is 3.28. The van der Waals surface area contributed by atoms with E-state index in [-0.39, 0.29) is 17.7 Å². The van der Waals surface area contributed by atoms with Gasteiger partial charge < -0.3 is 10.6 Å². The zero-order valence-electron chi connectivity index (χ0n) is 12.5. The highest BCUT2D eigenvalue weighted by Gasteiger charge is 2.26. The van der Waals surface area contributed by atoms with E-state index in [9.17, 15) is 9.59 Å². The summed E-state index contributed by atoms with van der Waals surface area (Å²) >= 11 is 2.21. The summed E-state index contributed by atoms with van der Waals surface area (Å²) in [4.78, 5) is 24.2. The number of benzene rings is 2. The average Bonchev–Trinajstić information content (AvgIpc) is 2.53. The van der Waals surface area contributed by atoms with Gasteiger partial charge in [0.15, 0.2) is 0 Å². The molecule has 2 aromatic rings. The third-order valence-corrected chi connectivity index (χ3v) is 4.61. The third-order valence-electron chi connectivity index (χ3n) is 3.94. The van der Waals surface area contributed by atoms with Crippen LogP contribution in [-0.2, 0) is 16.0 Å². The van der Waals surface area contributed by atoms with E-state index in [1.165, 1.54) is 0 Å². The molecule has 0 saturated carbocycles. The standard InChI is InChI=1S/C18H17IN2O2/c19-14-5-3-6-15(11-14)20-17(22)9-8-13-10-12-4-1-2-7-16(12)21-18(13)23/h1-7,11,13H,8-10H2,(H,20,22)(H,21,23). The highest BCUT2D eigenvalue weighted by Crippen LogP contribution is 2.27. The van der Waals surface area contributed by atoms with Gasteiger partial charge in [0, 0.05) is 27.3 Å². The zero-order chi connectivity index (χ0) is 16.2. The number of fused-ring (bicyclic) bond motifs is 1. The Morgan fingerprint density at radius 1 is 1.22 bits per heavy atom. The van der Waals surface area contributed by atoms with E-state index in [1.807, 2.05) is 48.5 Å². The minimum atomic E-state index is -0.147. The Morgan fingerprint density at radius 2 is 2.04 bits per heavy atom. The molecule has 0 radical (unpaired) electrons. The van der Waals surface area contributed by atoms with Crippen LogP contribution in [0.15, 0.2) is 48.5 Å². The smallest absolute Gasteiger partial charge is 0.227 e. The van der Waals surface area contributed by atoms with Gasteiger partial charge in [-0.05, 0) is 65.3 Å². The monoisotopic (exact) mass is 420 g/mol. The molecule has 23 heavy (non-hydrogen) atoms. The van der Waals surface area contributed by atoms with Crippen molar-refractivity contribution in [3.63, 3.8) is 0 Å². The predicted octanol–water partition coefficient (Wildman–Crippen LogP) is 3.82. The number of carbonyl (C=O) groups excluding carboxylic acids is 2. The van der Waals surface area contributed by atoms with Gasteiger partial charge in [0.25, 0.3) is 0 Å². The van der Waals surface area contributed by atoms with Gasteiger partial charge in [0.1, 0.15) is 0 Å². The lowest BCUT2D eigenvalue weighted by Gasteiger charge is -2.24. The van der Waals surface area contributed by atoms with Crippen molar-refractivity contribution in [3.05, 3.63) is 57.7 Å². The van der Waals surface area contributed by atoms with Crippen molar-refractivity contribution in [1.82, 2.24) is 0 Å². The van der Waals surface area contributed by atoms with Crippen LogP contribution in [0.4, 0.5) is 11.4 Å². The van der Waals surface area contributed by atoms with Crippen LogP contribution >= 0.6 is 22.6 Å². The molecule has 1 unspecified atom stereocenters. The van der Waals surface area contributed by atoms with Crippen molar-refractivity contribution < 1.29 is 9.59 Å². The van der Waals surface area contributed by atoms with Gasteiger partial charge >= 0.3 is 0 Å². The van der Waals surface area contributed by atoms with Crippen LogP contribution < -0.4 is 10.6 Å². The normalized spacial score (nSPS) is 16.4. The summed E-state index contributed by atoms with van der Waals surface area (Å²) in [6.07, 6.45) is 1.58. The van der Waals surface area contributed by atoms with Crippen LogP contribution in [0.5, 0.6) is 0 Å². The summed E-state index contributed by atoms with van der Waals surface area (Å²) in [6, 6.07) is 15.5. The quantitative estimate of drug-likeness (QED) is 0.740. The first-order valence-corrected chi connectivity index (χ1v) is 8.64. The molecule has 0 spiro atoms. The average molecular weight is 420 g/mol. The molecule has 0 aliphatic carbocycles. The van der Waals surface area contributed by atoms with E-state index in [4.69, 9.17) is 0 Å². The van der Waals surface area contributed by atoms with Crippen LogP contribution in [0, 0.1) is 9.49 Å². The molecule has 1 aliphatic heterocycles. The van der Waals surface area contributed by atoms with Gasteiger partial charge in [-0.1, -0.05) is 24.3 Å². The highest BCUT2D eigenvalue weighted by molar-refractivity contribution is 14.1. The number of halogens is 1. The van der Waals surface area contributed by atoms with Gasteiger partial charge in [-0.3, -0.25) is 9.59 Å². The number of anilines is 2. The third kappa shape index (κ3) is 4.10. The predicted molar refractivity (Wildman–Crippen MR) is 99.3 cm³/mol. The second kappa shape index (κ2) is 7.12. The molecule has 3 rings (SSSR count). The maximum Gasteiger partial charge on any atom is 0.227 e. The molecular formula is C18H17IN2O2. The molecule has 1 atom stereocenters. The van der Waals surface area contributed by atoms with Crippen LogP contribution in [0.1, 0.15) is 18.4 Å². The molecule has 0 bridgehead atoms. The number of nitrogens with one attached hydrogen (secondary N) is 2. The number of hydrogen-bond acceptors (Lipinski definition) is 2. The maximum atomic E-state index is 12.1. The molecule has 2 aromatic carbocycles. The Hall–Kier alpha value is -1.89. The number of hydrogen-bond donors (Lipinski definition) is 2. The Balaban J connectivity index is 1.56. The lowest BCUT2D eigenvalue weighted by atomic mass is 9.89. The lowest BCUT2D eigenvalue weighted by molar-refractivity contribution is -0.121. The van der Waals surface area contributed by atoms with E-state index >= 15 is 0 Å². The minimum absolute atomic E-state index is 0.00533. The molecule has 1 aliphatic rings. The van der Waals surface area contributed by atoms with Crippen LogP contribution in [-0.4, -0.2) is 11.8 Å². The van der Waals surface area contributed by atoms with Gasteiger partial charge in [-0.15, -0.1) is 0 Å². The molecule has 1 heterocycles. The van der Waals surface area contributed by atoms with Gasteiger partial charge in [0.2, 0.25) is 11.8 Å². The van der Waals surface area contributed by atoms with E-state index in [2.05, 4.69) is 33.2 Å². The van der Waals surface area contributed by atoms with Crippen molar-refractivity contribution in [2.24, 2.45) is 5.92 Å². The largest absolute Gasteiger partial charge is 0.326 e. The number of rotatable bonds is 4. The molecule has 2 N–H and O–H groups in total. The molecular weight excluding hydrogens is 403 g/mol. The van der Waals surface area contributed by atoms with Crippen molar-refractivity contribution >= 4 is 45.8 Å².